The summed E-state index contributed by atoms with van der Waals surface area (Å²) in [7, 11) is 0. The number of fused-ring (bicyclic) bond motifs is 1. The van der Waals surface area contributed by atoms with Crippen LogP contribution in [-0.2, 0) is 4.74 Å². The van der Waals surface area contributed by atoms with Gasteiger partial charge in [0.05, 0.1) is 19.0 Å². The van der Waals surface area contributed by atoms with Gasteiger partial charge >= 0.3 is 0 Å². The Morgan fingerprint density at radius 1 is 1.35 bits per heavy atom. The van der Waals surface area contributed by atoms with Crippen LogP contribution < -0.4 is 0 Å². The monoisotopic (exact) mass is 280 g/mol. The van der Waals surface area contributed by atoms with Crippen molar-refractivity contribution in [2.24, 2.45) is 5.41 Å². The van der Waals surface area contributed by atoms with Gasteiger partial charge in [-0.15, -0.1) is 0 Å². The lowest BCUT2D eigenvalue weighted by Gasteiger charge is -2.26. The molecular weight excluding hydrogens is 264 g/mol. The Kier molecular flexibility index (Phi) is 2.89. The van der Waals surface area contributed by atoms with Crippen molar-refractivity contribution in [1.29, 1.82) is 0 Å². The fraction of sp³-hybridized carbons (Fsp3) is 0.583. The van der Waals surface area contributed by atoms with Crippen molar-refractivity contribution in [3.05, 3.63) is 12.7 Å². The number of hydrogen-bond acceptors (Lipinski definition) is 7. The highest BCUT2D eigenvalue weighted by Crippen LogP contribution is 2.43. The number of aromatic hydroxyl groups is 1. The van der Waals surface area contributed by atoms with Gasteiger partial charge in [-0.2, -0.15) is 4.98 Å². The zero-order valence-corrected chi connectivity index (χ0v) is 11.1. The van der Waals surface area contributed by atoms with Crippen molar-refractivity contribution < 1.29 is 20.1 Å². The summed E-state index contributed by atoms with van der Waals surface area (Å²) in [4.78, 5) is 11.7. The summed E-state index contributed by atoms with van der Waals surface area (Å²) in [5.74, 6) is -0.223. The zero-order chi connectivity index (χ0) is 14.5. The van der Waals surface area contributed by atoms with E-state index in [4.69, 9.17) is 4.74 Å². The average molecular weight is 280 g/mol. The first kappa shape index (κ1) is 13.2. The summed E-state index contributed by atoms with van der Waals surface area (Å²) >= 11 is 0. The van der Waals surface area contributed by atoms with Gasteiger partial charge in [0, 0.05) is 5.41 Å². The molecule has 0 spiro atoms. The maximum atomic E-state index is 10.4. The number of ether oxygens (including phenoxy) is 1. The van der Waals surface area contributed by atoms with Crippen molar-refractivity contribution >= 4 is 11.2 Å². The van der Waals surface area contributed by atoms with Gasteiger partial charge in [-0.3, -0.25) is 4.57 Å². The van der Waals surface area contributed by atoms with E-state index in [-0.39, 0.29) is 18.0 Å². The SMILES string of the molecule is CC1(C)[C@@H](CO)O[C@@H](n2cnc3c(O)ncnc32)[C@@H]1O. The Morgan fingerprint density at radius 2 is 2.10 bits per heavy atom. The molecule has 3 heterocycles. The number of imidazole rings is 1. The molecule has 3 atom stereocenters. The molecule has 0 amide bonds. The standard InChI is InChI=1S/C12H16N4O4/c1-12(2)6(3-17)20-11(8(12)18)16-5-15-7-9(16)13-4-14-10(7)19/h4-6,8,11,17-18H,3H2,1-2H3,(H,13,14,19)/t6-,8+,11-/m1/s1. The van der Waals surface area contributed by atoms with Gasteiger partial charge in [-0.1, -0.05) is 13.8 Å². The fourth-order valence-electron chi connectivity index (χ4n) is 2.50. The third-order valence-corrected chi connectivity index (χ3v) is 3.95. The van der Waals surface area contributed by atoms with Gasteiger partial charge in [0.15, 0.2) is 17.4 Å². The Hall–Kier alpha value is -1.77. The van der Waals surface area contributed by atoms with Crippen molar-refractivity contribution in [3.63, 3.8) is 0 Å². The van der Waals surface area contributed by atoms with Crippen LogP contribution >= 0.6 is 0 Å². The summed E-state index contributed by atoms with van der Waals surface area (Å²) in [5.41, 5.74) is 0.00921. The minimum atomic E-state index is -0.839. The number of hydrogen-bond donors (Lipinski definition) is 3. The molecule has 8 heteroatoms. The molecule has 1 fully saturated rings. The molecule has 0 radical (unpaired) electrons. The molecule has 0 aromatic carbocycles. The number of aromatic nitrogens is 4. The van der Waals surface area contributed by atoms with Crippen LogP contribution in [0.2, 0.25) is 0 Å². The third kappa shape index (κ3) is 1.69. The molecule has 1 aliphatic heterocycles. The van der Waals surface area contributed by atoms with E-state index in [1.54, 1.807) is 4.57 Å². The third-order valence-electron chi connectivity index (χ3n) is 3.95. The van der Waals surface area contributed by atoms with Gasteiger partial charge in [-0.05, 0) is 0 Å². The van der Waals surface area contributed by atoms with Crippen LogP contribution in [0.5, 0.6) is 5.88 Å². The Morgan fingerprint density at radius 3 is 2.75 bits per heavy atom. The summed E-state index contributed by atoms with van der Waals surface area (Å²) in [6.07, 6.45) is 0.597. The van der Waals surface area contributed by atoms with E-state index in [9.17, 15) is 15.3 Å². The van der Waals surface area contributed by atoms with Crippen LogP contribution in [0.4, 0.5) is 0 Å². The first-order valence-electron chi connectivity index (χ1n) is 6.27. The topological polar surface area (TPSA) is 114 Å². The van der Waals surface area contributed by atoms with Crippen molar-refractivity contribution in [2.75, 3.05) is 6.61 Å². The Bertz CT molecular complexity index is 641. The normalized spacial score (nSPS) is 29.1. The van der Waals surface area contributed by atoms with Crippen LogP contribution in [0.15, 0.2) is 12.7 Å². The summed E-state index contributed by atoms with van der Waals surface area (Å²) in [6, 6.07) is 0. The Labute approximate surface area is 114 Å². The number of nitrogens with zero attached hydrogens (tertiary/aromatic N) is 4. The molecule has 8 nitrogen and oxygen atoms in total. The molecule has 3 rings (SSSR count). The molecule has 0 unspecified atom stereocenters. The van der Waals surface area contributed by atoms with Gasteiger partial charge in [0.1, 0.15) is 12.4 Å². The summed E-state index contributed by atoms with van der Waals surface area (Å²) in [5, 5.41) is 29.4. The molecule has 0 bridgehead atoms. The molecule has 0 saturated carbocycles. The maximum Gasteiger partial charge on any atom is 0.242 e. The summed E-state index contributed by atoms with van der Waals surface area (Å²) < 4.78 is 7.25. The van der Waals surface area contributed by atoms with Gasteiger partial charge < -0.3 is 20.1 Å². The molecule has 0 aliphatic carbocycles. The first-order valence-corrected chi connectivity index (χ1v) is 6.27. The minimum absolute atomic E-state index is 0.187. The molecule has 3 N–H and O–H groups in total. The molecule has 2 aromatic heterocycles. The van der Waals surface area contributed by atoms with Crippen molar-refractivity contribution in [2.45, 2.75) is 32.3 Å². The largest absolute Gasteiger partial charge is 0.492 e. The van der Waals surface area contributed by atoms with Crippen LogP contribution in [0.3, 0.4) is 0 Å². The predicted octanol–water partition coefficient (Wildman–Crippen LogP) is -0.191. The molecule has 108 valence electrons. The van der Waals surface area contributed by atoms with Gasteiger partial charge in [-0.25, -0.2) is 9.97 Å². The lowest BCUT2D eigenvalue weighted by atomic mass is 9.83. The highest BCUT2D eigenvalue weighted by molar-refractivity contribution is 5.75. The average Bonchev–Trinajstić information content (AvgIpc) is 2.92. The highest BCUT2D eigenvalue weighted by atomic mass is 16.5. The van der Waals surface area contributed by atoms with E-state index in [2.05, 4.69) is 15.0 Å². The van der Waals surface area contributed by atoms with Gasteiger partial charge in [0.25, 0.3) is 0 Å². The highest BCUT2D eigenvalue weighted by Gasteiger charge is 2.50. The molecule has 2 aromatic rings. The molecular formula is C12H16N4O4. The van der Waals surface area contributed by atoms with E-state index in [1.165, 1.54) is 12.7 Å². The zero-order valence-electron chi connectivity index (χ0n) is 11.1. The second-order valence-corrected chi connectivity index (χ2v) is 5.49. The first-order chi connectivity index (χ1) is 9.46. The predicted molar refractivity (Wildman–Crippen MR) is 67.8 cm³/mol. The second-order valence-electron chi connectivity index (χ2n) is 5.49. The fourth-order valence-corrected chi connectivity index (χ4v) is 2.50. The van der Waals surface area contributed by atoms with Crippen LogP contribution in [0.25, 0.3) is 11.2 Å². The van der Waals surface area contributed by atoms with E-state index in [1.807, 2.05) is 13.8 Å². The van der Waals surface area contributed by atoms with E-state index < -0.39 is 23.9 Å². The minimum Gasteiger partial charge on any atom is -0.492 e. The molecule has 1 aliphatic rings. The smallest absolute Gasteiger partial charge is 0.242 e. The number of aliphatic hydroxyl groups is 2. The molecule has 20 heavy (non-hydrogen) atoms. The van der Waals surface area contributed by atoms with E-state index in [0.29, 0.717) is 5.65 Å². The van der Waals surface area contributed by atoms with Crippen molar-refractivity contribution in [1.82, 2.24) is 19.5 Å². The van der Waals surface area contributed by atoms with Crippen LogP contribution in [-0.4, -0.2) is 53.7 Å². The lowest BCUT2D eigenvalue weighted by molar-refractivity contribution is -0.0505. The second kappa shape index (κ2) is 4.37. The van der Waals surface area contributed by atoms with E-state index in [0.717, 1.165) is 0 Å². The maximum absolute atomic E-state index is 10.4. The van der Waals surface area contributed by atoms with Crippen molar-refractivity contribution in [3.8, 4) is 5.88 Å². The quantitative estimate of drug-likeness (QED) is 0.698. The molecule has 1 saturated heterocycles. The Balaban J connectivity index is 2.06. The van der Waals surface area contributed by atoms with Gasteiger partial charge in [0.2, 0.25) is 5.88 Å². The number of aliphatic hydroxyl groups excluding tert-OH is 2. The van der Waals surface area contributed by atoms with E-state index >= 15 is 0 Å². The van der Waals surface area contributed by atoms with Crippen LogP contribution in [0, 0.1) is 5.41 Å². The summed E-state index contributed by atoms with van der Waals surface area (Å²) in [6.45, 7) is 3.46. The number of rotatable bonds is 2. The lowest BCUT2D eigenvalue weighted by Crippen LogP contribution is -2.36. The van der Waals surface area contributed by atoms with Crippen LogP contribution in [0.1, 0.15) is 20.1 Å².